The zero-order valence-corrected chi connectivity index (χ0v) is 17.2. The third-order valence-electron chi connectivity index (χ3n) is 5.29. The van der Waals surface area contributed by atoms with Crippen LogP contribution in [0, 0.1) is 5.82 Å². The molecule has 9 nitrogen and oxygen atoms in total. The first-order valence-electron chi connectivity index (χ1n) is 9.93. The number of hydrogen-bond acceptors (Lipinski definition) is 8. The van der Waals surface area contributed by atoms with E-state index < -0.39 is 47.4 Å². The first kappa shape index (κ1) is 21.7. The summed E-state index contributed by atoms with van der Waals surface area (Å²) >= 11 is 0. The molecule has 0 saturated carbocycles. The molecule has 2 aromatic heterocycles. The smallest absolute Gasteiger partial charge is 0.347 e. The second-order valence-electron chi connectivity index (χ2n) is 7.62. The summed E-state index contributed by atoms with van der Waals surface area (Å²) in [5, 5.41) is 31.2. The van der Waals surface area contributed by atoms with Gasteiger partial charge >= 0.3 is 5.97 Å². The van der Waals surface area contributed by atoms with Crippen LogP contribution >= 0.6 is 0 Å². The number of benzene rings is 1. The van der Waals surface area contributed by atoms with Gasteiger partial charge in [-0.15, -0.1) is 0 Å². The predicted molar refractivity (Wildman–Crippen MR) is 110 cm³/mol. The van der Waals surface area contributed by atoms with Crippen LogP contribution < -0.4 is 10.3 Å². The molecule has 1 aliphatic heterocycles. The molecule has 3 heterocycles. The summed E-state index contributed by atoms with van der Waals surface area (Å²) in [7, 11) is 0. The molecule has 1 aliphatic rings. The molecule has 4 rings (SSSR count). The number of nitrogens with zero attached hydrogens (tertiary/aromatic N) is 2. The minimum Gasteiger partial charge on any atom is -0.505 e. The normalized spacial score (nSPS) is 17.6. The van der Waals surface area contributed by atoms with Crippen molar-refractivity contribution >= 4 is 17.0 Å². The average Bonchev–Trinajstić information content (AvgIpc) is 2.93. The number of esters is 1. The van der Waals surface area contributed by atoms with E-state index in [9.17, 15) is 29.3 Å². The van der Waals surface area contributed by atoms with E-state index in [4.69, 9.17) is 9.47 Å². The monoisotopic (exact) mass is 444 g/mol. The summed E-state index contributed by atoms with van der Waals surface area (Å²) < 4.78 is 25.0. The molecule has 0 amide bonds. The Balaban J connectivity index is 1.98. The molecule has 3 N–H and O–H groups in total. The van der Waals surface area contributed by atoms with Crippen LogP contribution in [0.2, 0.25) is 0 Å². The summed E-state index contributed by atoms with van der Waals surface area (Å²) in [6.45, 7) is 0.0644. The summed E-state index contributed by atoms with van der Waals surface area (Å²) in [4.78, 5) is 29.8. The average molecular weight is 444 g/mol. The minimum absolute atomic E-state index is 0.0191. The minimum atomic E-state index is -1.83. The van der Waals surface area contributed by atoms with E-state index in [1.165, 1.54) is 18.3 Å². The Morgan fingerprint density at radius 1 is 1.34 bits per heavy atom. The van der Waals surface area contributed by atoms with E-state index in [1.807, 2.05) is 0 Å². The Kier molecular flexibility index (Phi) is 5.57. The second-order valence-corrected chi connectivity index (χ2v) is 7.62. The number of pyridine rings is 2. The number of hydrogen-bond donors (Lipinski definition) is 3. The molecule has 0 fully saturated rings. The van der Waals surface area contributed by atoms with Crippen molar-refractivity contribution in [2.45, 2.75) is 25.5 Å². The number of ether oxygens (including phenoxy) is 2. The van der Waals surface area contributed by atoms with E-state index in [2.05, 4.69) is 4.98 Å². The van der Waals surface area contributed by atoms with Gasteiger partial charge in [0.1, 0.15) is 29.1 Å². The molecule has 1 atom stereocenters. The maximum atomic E-state index is 13.3. The Bertz CT molecular complexity index is 1260. The predicted octanol–water partition coefficient (Wildman–Crippen LogP) is 1.12. The number of carbonyl (C=O) groups excluding carboxylic acids is 1. The highest BCUT2D eigenvalue weighted by molar-refractivity contribution is 5.99. The summed E-state index contributed by atoms with van der Waals surface area (Å²) in [6, 6.07) is 5.78. The largest absolute Gasteiger partial charge is 0.505 e. The molecule has 1 unspecified atom stereocenters. The topological polar surface area (TPSA) is 131 Å². The van der Waals surface area contributed by atoms with Crippen molar-refractivity contribution in [3.05, 3.63) is 63.3 Å². The van der Waals surface area contributed by atoms with Crippen LogP contribution in [0.4, 0.5) is 4.39 Å². The molecule has 0 spiro atoms. The Hall–Kier alpha value is -3.50. The van der Waals surface area contributed by atoms with Gasteiger partial charge < -0.3 is 24.8 Å². The van der Waals surface area contributed by atoms with Gasteiger partial charge in [0.2, 0.25) is 0 Å². The molecule has 1 aromatic carbocycles. The van der Waals surface area contributed by atoms with Crippen LogP contribution in [-0.2, 0) is 17.7 Å². The Morgan fingerprint density at radius 3 is 2.72 bits per heavy atom. The zero-order valence-electron chi connectivity index (χ0n) is 17.2. The lowest BCUT2D eigenvalue weighted by Crippen LogP contribution is -2.45. The third kappa shape index (κ3) is 3.67. The van der Waals surface area contributed by atoms with Gasteiger partial charge in [-0.1, -0.05) is 12.1 Å². The Labute approximate surface area is 181 Å². The van der Waals surface area contributed by atoms with Crippen LogP contribution in [0.15, 0.2) is 35.3 Å². The standard InChI is InChI=1S/C22H21FN2O7/c1-2-31-21(29)15-18(27)16-17-19(32-11-22(30,10-26)9-25(17)20(15)28)13(8-24-16)7-12-3-5-14(23)6-4-12/h3-6,8,26-27,30H,2,7,9-11H2,1H3. The highest BCUT2D eigenvalue weighted by atomic mass is 19.1. The molecule has 0 saturated heterocycles. The van der Waals surface area contributed by atoms with Crippen LogP contribution in [-0.4, -0.2) is 56.3 Å². The summed E-state index contributed by atoms with van der Waals surface area (Å²) in [6.07, 6.45) is 1.67. The van der Waals surface area contributed by atoms with E-state index in [-0.39, 0.29) is 36.4 Å². The number of aromatic hydroxyl groups is 1. The number of aromatic nitrogens is 2. The highest BCUT2D eigenvalue weighted by Crippen LogP contribution is 2.37. The van der Waals surface area contributed by atoms with Crippen molar-refractivity contribution in [2.75, 3.05) is 19.8 Å². The lowest BCUT2D eigenvalue weighted by Gasteiger charge is -2.23. The van der Waals surface area contributed by atoms with E-state index in [1.54, 1.807) is 19.1 Å². The van der Waals surface area contributed by atoms with E-state index in [0.29, 0.717) is 5.56 Å². The van der Waals surface area contributed by atoms with Crippen molar-refractivity contribution in [3.8, 4) is 11.5 Å². The Morgan fingerprint density at radius 2 is 2.06 bits per heavy atom. The molecule has 32 heavy (non-hydrogen) atoms. The van der Waals surface area contributed by atoms with Crippen molar-refractivity contribution in [3.63, 3.8) is 0 Å². The molecule has 168 valence electrons. The maximum absolute atomic E-state index is 13.3. The fourth-order valence-electron chi connectivity index (χ4n) is 3.69. The van der Waals surface area contributed by atoms with Gasteiger partial charge in [0.25, 0.3) is 5.56 Å². The van der Waals surface area contributed by atoms with Gasteiger partial charge in [-0.2, -0.15) is 0 Å². The molecule has 0 radical (unpaired) electrons. The fourth-order valence-corrected chi connectivity index (χ4v) is 3.69. The van der Waals surface area contributed by atoms with Gasteiger partial charge in [0.05, 0.1) is 19.8 Å². The quantitative estimate of drug-likeness (QED) is 0.499. The summed E-state index contributed by atoms with van der Waals surface area (Å²) in [5.41, 5.74) is -2.14. The van der Waals surface area contributed by atoms with E-state index >= 15 is 0 Å². The molecule has 3 aromatic rings. The summed E-state index contributed by atoms with van der Waals surface area (Å²) in [5.74, 6) is -1.92. The molecular weight excluding hydrogens is 423 g/mol. The van der Waals surface area contributed by atoms with Gasteiger partial charge in [0, 0.05) is 18.2 Å². The second kappa shape index (κ2) is 8.21. The SMILES string of the molecule is CCOC(=O)c1c(O)c2ncc(Cc3ccc(F)cc3)c3c2n(c1=O)CC(O)(CO)CO3. The van der Waals surface area contributed by atoms with E-state index in [0.717, 1.165) is 10.1 Å². The lowest BCUT2D eigenvalue weighted by atomic mass is 10.0. The van der Waals surface area contributed by atoms with Crippen LogP contribution in [0.25, 0.3) is 11.0 Å². The van der Waals surface area contributed by atoms with Crippen molar-refractivity contribution in [2.24, 2.45) is 0 Å². The number of aliphatic hydroxyl groups excluding tert-OH is 1. The molecule has 0 aliphatic carbocycles. The van der Waals surface area contributed by atoms with Crippen LogP contribution in [0.1, 0.15) is 28.4 Å². The molecule has 10 heteroatoms. The highest BCUT2D eigenvalue weighted by Gasteiger charge is 2.36. The zero-order chi connectivity index (χ0) is 23.0. The number of rotatable bonds is 5. The van der Waals surface area contributed by atoms with Crippen molar-refractivity contribution < 1.29 is 34.0 Å². The number of halogens is 1. The van der Waals surface area contributed by atoms with Crippen molar-refractivity contribution in [1.29, 1.82) is 0 Å². The van der Waals surface area contributed by atoms with Gasteiger partial charge in [-0.05, 0) is 24.6 Å². The molecule has 0 bridgehead atoms. The van der Waals surface area contributed by atoms with Gasteiger partial charge in [0.15, 0.2) is 17.1 Å². The number of carbonyl (C=O) groups is 1. The van der Waals surface area contributed by atoms with Gasteiger partial charge in [-0.3, -0.25) is 14.3 Å². The van der Waals surface area contributed by atoms with Crippen molar-refractivity contribution in [1.82, 2.24) is 9.55 Å². The molecular formula is C22H21FN2O7. The van der Waals surface area contributed by atoms with Crippen LogP contribution in [0.3, 0.4) is 0 Å². The van der Waals surface area contributed by atoms with Crippen LogP contribution in [0.5, 0.6) is 11.5 Å². The first-order valence-corrected chi connectivity index (χ1v) is 9.93. The first-order chi connectivity index (χ1) is 15.3. The fraction of sp³-hybridized carbons (Fsp3) is 0.318. The third-order valence-corrected chi connectivity index (χ3v) is 5.29. The van der Waals surface area contributed by atoms with Gasteiger partial charge in [-0.25, -0.2) is 9.18 Å². The maximum Gasteiger partial charge on any atom is 0.347 e. The number of aliphatic hydroxyl groups is 2. The lowest BCUT2D eigenvalue weighted by molar-refractivity contribution is -0.0553.